The quantitative estimate of drug-likeness (QED) is 0.624. The first-order chi connectivity index (χ1) is 7.22. The van der Waals surface area contributed by atoms with E-state index in [4.69, 9.17) is 9.47 Å². The summed E-state index contributed by atoms with van der Waals surface area (Å²) in [4.78, 5) is 13.5. The second-order valence-electron chi connectivity index (χ2n) is 2.71. The number of rotatable bonds is 4. The number of aliphatic imine (C=N–C) groups is 1. The molecule has 1 aromatic rings. The molecule has 5 heteroatoms. The van der Waals surface area contributed by atoms with Crippen molar-refractivity contribution in [1.82, 2.24) is 0 Å². The summed E-state index contributed by atoms with van der Waals surface area (Å²) in [6.07, 6.45) is 1.49. The Labute approximate surface area is 96.0 Å². The van der Waals surface area contributed by atoms with Crippen molar-refractivity contribution in [2.24, 2.45) is 4.99 Å². The molecule has 0 heterocycles. The molecular formula is C10H10BrNO3. The van der Waals surface area contributed by atoms with Crippen LogP contribution in [-0.4, -0.2) is 20.3 Å². The molecular weight excluding hydrogens is 262 g/mol. The van der Waals surface area contributed by atoms with Crippen molar-refractivity contribution >= 4 is 22.0 Å². The summed E-state index contributed by atoms with van der Waals surface area (Å²) in [5.41, 5.74) is 0.844. The van der Waals surface area contributed by atoms with Crippen LogP contribution in [0.2, 0.25) is 0 Å². The molecule has 0 aliphatic heterocycles. The van der Waals surface area contributed by atoms with E-state index in [9.17, 15) is 4.79 Å². The largest absolute Gasteiger partial charge is 0.493 e. The zero-order valence-corrected chi connectivity index (χ0v) is 10.00. The summed E-state index contributed by atoms with van der Waals surface area (Å²) in [5.74, 6) is 1.24. The maximum atomic E-state index is 10.0. The van der Waals surface area contributed by atoms with Gasteiger partial charge in [-0.25, -0.2) is 9.79 Å². The Morgan fingerprint density at radius 1 is 1.33 bits per heavy atom. The molecule has 0 unspecified atom stereocenters. The van der Waals surface area contributed by atoms with Crippen LogP contribution in [0.3, 0.4) is 0 Å². The van der Waals surface area contributed by atoms with Crippen LogP contribution >= 0.6 is 15.9 Å². The van der Waals surface area contributed by atoms with Crippen molar-refractivity contribution < 1.29 is 14.3 Å². The number of halogens is 1. The van der Waals surface area contributed by atoms with Crippen LogP contribution in [0.1, 0.15) is 5.56 Å². The lowest BCUT2D eigenvalue weighted by Crippen LogP contribution is -1.93. The fourth-order valence-electron chi connectivity index (χ4n) is 1.13. The standard InChI is InChI=1S/C10H10BrNO3/c1-14-9-3-7(5-12-6-13)8(11)4-10(9)15-2/h3-4H,5H2,1-2H3. The minimum atomic E-state index is 0.268. The van der Waals surface area contributed by atoms with Crippen LogP contribution < -0.4 is 9.47 Å². The second kappa shape index (κ2) is 5.53. The van der Waals surface area contributed by atoms with Gasteiger partial charge in [0.25, 0.3) is 0 Å². The van der Waals surface area contributed by atoms with Crippen LogP contribution in [0.15, 0.2) is 21.6 Å². The molecule has 0 bridgehead atoms. The second-order valence-corrected chi connectivity index (χ2v) is 3.56. The van der Waals surface area contributed by atoms with Crippen molar-refractivity contribution in [2.75, 3.05) is 14.2 Å². The Kier molecular flexibility index (Phi) is 4.34. The lowest BCUT2D eigenvalue weighted by molar-refractivity contribution is 0.354. The highest BCUT2D eigenvalue weighted by molar-refractivity contribution is 9.10. The van der Waals surface area contributed by atoms with Gasteiger partial charge in [0.1, 0.15) is 0 Å². The number of carbonyl (C=O) groups excluding carboxylic acids is 1. The average molecular weight is 272 g/mol. The summed E-state index contributed by atoms with van der Waals surface area (Å²) in [6, 6.07) is 3.54. The topological polar surface area (TPSA) is 47.9 Å². The van der Waals surface area contributed by atoms with E-state index in [0.29, 0.717) is 11.5 Å². The number of hydrogen-bond acceptors (Lipinski definition) is 4. The smallest absolute Gasteiger partial charge is 0.235 e. The van der Waals surface area contributed by atoms with Gasteiger partial charge in [-0.1, -0.05) is 15.9 Å². The Balaban J connectivity index is 3.12. The van der Waals surface area contributed by atoms with E-state index in [0.717, 1.165) is 10.0 Å². The molecule has 80 valence electrons. The number of hydrogen-bond donors (Lipinski definition) is 0. The molecule has 0 amide bonds. The third-order valence-corrected chi connectivity index (χ3v) is 2.60. The Hall–Kier alpha value is -1.32. The highest BCUT2D eigenvalue weighted by Crippen LogP contribution is 2.33. The number of nitrogens with zero attached hydrogens (tertiary/aromatic N) is 1. The van der Waals surface area contributed by atoms with Gasteiger partial charge >= 0.3 is 0 Å². The lowest BCUT2D eigenvalue weighted by atomic mass is 10.2. The number of isocyanates is 1. The molecule has 4 nitrogen and oxygen atoms in total. The minimum Gasteiger partial charge on any atom is -0.493 e. The molecule has 0 N–H and O–H groups in total. The number of methoxy groups -OCH3 is 2. The van der Waals surface area contributed by atoms with Crippen LogP contribution in [-0.2, 0) is 11.3 Å². The van der Waals surface area contributed by atoms with Crippen molar-refractivity contribution in [1.29, 1.82) is 0 Å². The molecule has 0 aromatic heterocycles. The van der Waals surface area contributed by atoms with Gasteiger partial charge in [0.2, 0.25) is 6.08 Å². The van der Waals surface area contributed by atoms with Gasteiger partial charge in [-0.05, 0) is 17.7 Å². The van der Waals surface area contributed by atoms with Gasteiger partial charge in [-0.3, -0.25) is 0 Å². The van der Waals surface area contributed by atoms with Crippen LogP contribution in [0, 0.1) is 0 Å². The first-order valence-corrected chi connectivity index (χ1v) is 4.96. The van der Waals surface area contributed by atoms with Crippen molar-refractivity contribution in [2.45, 2.75) is 6.54 Å². The first kappa shape index (κ1) is 11.8. The van der Waals surface area contributed by atoms with Crippen LogP contribution in [0.25, 0.3) is 0 Å². The monoisotopic (exact) mass is 271 g/mol. The summed E-state index contributed by atoms with van der Waals surface area (Å²) in [5, 5.41) is 0. The molecule has 15 heavy (non-hydrogen) atoms. The van der Waals surface area contributed by atoms with E-state index in [1.807, 2.05) is 0 Å². The molecule has 0 spiro atoms. The lowest BCUT2D eigenvalue weighted by Gasteiger charge is -2.10. The maximum absolute atomic E-state index is 10.0. The van der Waals surface area contributed by atoms with Gasteiger partial charge < -0.3 is 9.47 Å². The van der Waals surface area contributed by atoms with E-state index in [2.05, 4.69) is 20.9 Å². The molecule has 0 saturated carbocycles. The zero-order chi connectivity index (χ0) is 11.3. The third kappa shape index (κ3) is 2.81. The molecule has 1 rings (SSSR count). The zero-order valence-electron chi connectivity index (χ0n) is 8.41. The van der Waals surface area contributed by atoms with E-state index in [-0.39, 0.29) is 6.54 Å². The molecule has 0 radical (unpaired) electrons. The van der Waals surface area contributed by atoms with E-state index < -0.39 is 0 Å². The van der Waals surface area contributed by atoms with Gasteiger partial charge in [0, 0.05) is 4.47 Å². The van der Waals surface area contributed by atoms with Gasteiger partial charge in [-0.15, -0.1) is 0 Å². The van der Waals surface area contributed by atoms with E-state index in [1.54, 1.807) is 26.4 Å². The summed E-state index contributed by atoms with van der Waals surface area (Å²) in [7, 11) is 3.12. The molecule has 0 atom stereocenters. The minimum absolute atomic E-state index is 0.268. The average Bonchev–Trinajstić information content (AvgIpc) is 2.27. The van der Waals surface area contributed by atoms with Gasteiger partial charge in [-0.2, -0.15) is 0 Å². The molecule has 1 aromatic carbocycles. The van der Waals surface area contributed by atoms with E-state index >= 15 is 0 Å². The summed E-state index contributed by atoms with van der Waals surface area (Å²) < 4.78 is 11.1. The Morgan fingerprint density at radius 3 is 2.47 bits per heavy atom. The first-order valence-electron chi connectivity index (χ1n) is 4.17. The molecule has 0 aliphatic carbocycles. The summed E-state index contributed by atoms with van der Waals surface area (Å²) in [6.45, 7) is 0.268. The fourth-order valence-corrected chi connectivity index (χ4v) is 1.58. The normalized spacial score (nSPS) is 9.27. The molecule has 0 saturated heterocycles. The Morgan fingerprint density at radius 2 is 1.93 bits per heavy atom. The van der Waals surface area contributed by atoms with Crippen molar-refractivity contribution in [3.63, 3.8) is 0 Å². The highest BCUT2D eigenvalue weighted by atomic mass is 79.9. The number of benzene rings is 1. The predicted molar refractivity (Wildman–Crippen MR) is 59.1 cm³/mol. The Bertz CT molecular complexity index is 400. The summed E-state index contributed by atoms with van der Waals surface area (Å²) >= 11 is 3.36. The molecule has 0 aliphatic rings. The molecule has 0 fully saturated rings. The van der Waals surface area contributed by atoms with Crippen molar-refractivity contribution in [3.05, 3.63) is 22.2 Å². The van der Waals surface area contributed by atoms with Gasteiger partial charge in [0.05, 0.1) is 20.8 Å². The van der Waals surface area contributed by atoms with Gasteiger partial charge in [0.15, 0.2) is 11.5 Å². The number of ether oxygens (including phenoxy) is 2. The SMILES string of the molecule is COc1cc(Br)c(CN=C=O)cc1OC. The maximum Gasteiger partial charge on any atom is 0.235 e. The van der Waals surface area contributed by atoms with Crippen LogP contribution in [0.4, 0.5) is 0 Å². The third-order valence-electron chi connectivity index (χ3n) is 1.87. The van der Waals surface area contributed by atoms with Crippen molar-refractivity contribution in [3.8, 4) is 11.5 Å². The predicted octanol–water partition coefficient (Wildman–Crippen LogP) is 2.30. The fraction of sp³-hybridized carbons (Fsp3) is 0.300. The highest BCUT2D eigenvalue weighted by Gasteiger charge is 2.08. The van der Waals surface area contributed by atoms with E-state index in [1.165, 1.54) is 6.08 Å². The van der Waals surface area contributed by atoms with Crippen LogP contribution in [0.5, 0.6) is 11.5 Å².